The first-order valence-corrected chi connectivity index (χ1v) is 19.5. The molecule has 5 amide bonds. The molecule has 3 heterocycles. The third-order valence-corrected chi connectivity index (χ3v) is 11.3. The van der Waals surface area contributed by atoms with Crippen LogP contribution in [0.25, 0.3) is 0 Å². The van der Waals surface area contributed by atoms with Gasteiger partial charge in [0, 0.05) is 39.5 Å². The number of allylic oxidation sites excluding steroid dienone is 1. The number of nitrogens with zero attached hydrogens (tertiary/aromatic N) is 3. The number of ether oxygens (including phenoxy) is 2. The lowest BCUT2D eigenvalue weighted by Gasteiger charge is -2.30. The van der Waals surface area contributed by atoms with Gasteiger partial charge in [0.25, 0.3) is 5.91 Å². The summed E-state index contributed by atoms with van der Waals surface area (Å²) in [5.74, 6) is -2.63. The zero-order valence-corrected chi connectivity index (χ0v) is 31.5. The fourth-order valence-corrected chi connectivity index (χ4v) is 7.55. The van der Waals surface area contributed by atoms with E-state index in [1.54, 1.807) is 25.7 Å². The summed E-state index contributed by atoms with van der Waals surface area (Å²) in [6, 6.07) is 5.44. The molecule has 3 N–H and O–H groups in total. The zero-order valence-electron chi connectivity index (χ0n) is 30.7. The van der Waals surface area contributed by atoms with Crippen molar-refractivity contribution in [3.05, 3.63) is 47.5 Å². The molecule has 1 saturated heterocycles. The van der Waals surface area contributed by atoms with Crippen molar-refractivity contribution in [1.82, 2.24) is 29.5 Å². The molecule has 0 aromatic heterocycles. The highest BCUT2D eigenvalue weighted by molar-refractivity contribution is 7.87. The predicted molar refractivity (Wildman–Crippen MR) is 190 cm³/mol. The summed E-state index contributed by atoms with van der Waals surface area (Å²) in [6.45, 7) is 5.73. The molecule has 0 bridgehead atoms. The monoisotopic (exact) mass is 744 g/mol. The van der Waals surface area contributed by atoms with Gasteiger partial charge in [0.05, 0.1) is 6.54 Å². The van der Waals surface area contributed by atoms with Crippen LogP contribution >= 0.6 is 0 Å². The van der Waals surface area contributed by atoms with E-state index in [-0.39, 0.29) is 25.8 Å². The Labute approximate surface area is 306 Å². The maximum atomic E-state index is 14.4. The normalized spacial score (nSPS) is 27.7. The van der Waals surface area contributed by atoms with E-state index in [2.05, 4.69) is 15.4 Å². The van der Waals surface area contributed by atoms with E-state index < -0.39 is 75.4 Å². The third kappa shape index (κ3) is 9.43. The number of amides is 5. The van der Waals surface area contributed by atoms with Gasteiger partial charge >= 0.3 is 22.4 Å². The van der Waals surface area contributed by atoms with Crippen LogP contribution in [0.15, 0.2) is 36.4 Å². The minimum absolute atomic E-state index is 0.0720. The van der Waals surface area contributed by atoms with Crippen LogP contribution in [0, 0.1) is 5.92 Å². The van der Waals surface area contributed by atoms with Crippen molar-refractivity contribution in [3.8, 4) is 0 Å². The number of alkyl carbamates (subject to hydrolysis) is 1. The third-order valence-electron chi connectivity index (χ3n) is 9.90. The van der Waals surface area contributed by atoms with Crippen molar-refractivity contribution < 1.29 is 41.9 Å². The Balaban J connectivity index is 1.42. The lowest BCUT2D eigenvalue weighted by molar-refractivity contribution is -0.141. The minimum Gasteiger partial charge on any atom is -0.444 e. The highest BCUT2D eigenvalue weighted by Gasteiger charge is 2.62. The molecule has 1 aromatic carbocycles. The Morgan fingerprint density at radius 1 is 1.00 bits per heavy atom. The van der Waals surface area contributed by atoms with Gasteiger partial charge in [-0.1, -0.05) is 62.1 Å². The van der Waals surface area contributed by atoms with Gasteiger partial charge in [-0.05, 0) is 57.6 Å². The van der Waals surface area contributed by atoms with Crippen molar-refractivity contribution in [2.45, 2.75) is 121 Å². The fourth-order valence-electron chi connectivity index (χ4n) is 6.95. The van der Waals surface area contributed by atoms with Gasteiger partial charge in [0.2, 0.25) is 11.8 Å². The second kappa shape index (κ2) is 15.8. The number of benzene rings is 1. The SMILES string of the molecule is CN(C)S(=O)(=O)NC(=O)[C@@]12C[C@@H]1/C=C\CCCCCCC[C@H](NC(=O)OC(C)(C)C)C(=O)N1C[C@H](OC(=O)N3Cc4ccccc4C3)C[C@H]1C(=O)N2. The molecule has 0 radical (unpaired) electrons. The summed E-state index contributed by atoms with van der Waals surface area (Å²) in [4.78, 5) is 71.4. The maximum absolute atomic E-state index is 14.4. The molecule has 5 atom stereocenters. The van der Waals surface area contributed by atoms with E-state index in [0.29, 0.717) is 19.5 Å². The molecule has 4 aliphatic rings. The van der Waals surface area contributed by atoms with E-state index >= 15 is 0 Å². The van der Waals surface area contributed by atoms with Crippen LogP contribution < -0.4 is 15.4 Å². The molecular formula is C36H52N6O9S. The van der Waals surface area contributed by atoms with E-state index in [9.17, 15) is 32.4 Å². The molecule has 1 aliphatic carbocycles. The van der Waals surface area contributed by atoms with E-state index in [0.717, 1.165) is 47.5 Å². The van der Waals surface area contributed by atoms with E-state index in [1.807, 2.05) is 36.4 Å². The van der Waals surface area contributed by atoms with Crippen LogP contribution in [0.3, 0.4) is 0 Å². The molecule has 52 heavy (non-hydrogen) atoms. The number of carbonyl (C=O) groups excluding carboxylic acids is 5. The van der Waals surface area contributed by atoms with Crippen LogP contribution in [-0.2, 0) is 47.2 Å². The number of hydrogen-bond donors (Lipinski definition) is 3. The van der Waals surface area contributed by atoms with E-state index in [1.165, 1.54) is 19.0 Å². The van der Waals surface area contributed by atoms with Gasteiger partial charge in [-0.15, -0.1) is 0 Å². The Bertz CT molecular complexity index is 1650. The van der Waals surface area contributed by atoms with Gasteiger partial charge in [-0.25, -0.2) is 14.3 Å². The minimum atomic E-state index is -4.18. The molecule has 1 aromatic rings. The first kappa shape index (κ1) is 39.0. The van der Waals surface area contributed by atoms with Gasteiger partial charge in [0.1, 0.15) is 29.3 Å². The topological polar surface area (TPSA) is 184 Å². The molecule has 2 fully saturated rings. The Morgan fingerprint density at radius 2 is 1.65 bits per heavy atom. The number of hydrogen-bond acceptors (Lipinski definition) is 9. The first-order valence-electron chi connectivity index (χ1n) is 18.0. The second-order valence-electron chi connectivity index (χ2n) is 15.3. The standard InChI is InChI=1S/C36H52N6O9S/c1-35(2,3)51-33(46)37-28-18-12-10-8-6-7-9-11-17-26-20-36(26,32(45)39-52(48,49)40(4)5)38-30(43)29-19-27(23-42(29)31(28)44)50-34(47)41-21-24-15-13-14-16-25(24)22-41/h11,13-17,26-29H,6-10,12,18-23H2,1-5H3,(H,37,46)(H,38,43)(H,39,45)/b17-11-/t26-,27+,28-,29-,36+/m0/s1. The molecule has 3 aliphatic heterocycles. The van der Waals surface area contributed by atoms with Crippen LogP contribution in [0.4, 0.5) is 9.59 Å². The van der Waals surface area contributed by atoms with E-state index in [4.69, 9.17) is 9.47 Å². The molecule has 15 nitrogen and oxygen atoms in total. The molecule has 16 heteroatoms. The summed E-state index contributed by atoms with van der Waals surface area (Å²) in [6.07, 6.45) is 6.82. The van der Waals surface area contributed by atoms with Crippen molar-refractivity contribution in [3.63, 3.8) is 0 Å². The second-order valence-corrected chi connectivity index (χ2v) is 17.2. The lowest BCUT2D eigenvalue weighted by atomic mass is 10.0. The molecule has 5 rings (SSSR count). The number of rotatable bonds is 5. The van der Waals surface area contributed by atoms with Crippen molar-refractivity contribution in [2.75, 3.05) is 20.6 Å². The van der Waals surface area contributed by atoms with Gasteiger partial charge < -0.3 is 25.0 Å². The molecular weight excluding hydrogens is 692 g/mol. The summed E-state index contributed by atoms with van der Waals surface area (Å²) in [5.41, 5.74) is -0.394. The Morgan fingerprint density at radius 3 is 2.31 bits per heavy atom. The fraction of sp³-hybridized carbons (Fsp3) is 0.639. The average molecular weight is 745 g/mol. The average Bonchev–Trinajstić information content (AvgIpc) is 3.36. The van der Waals surface area contributed by atoms with Crippen LogP contribution in [-0.4, -0.2) is 102 Å². The van der Waals surface area contributed by atoms with Crippen molar-refractivity contribution in [1.29, 1.82) is 0 Å². The zero-order chi connectivity index (χ0) is 37.8. The maximum Gasteiger partial charge on any atom is 0.410 e. The summed E-state index contributed by atoms with van der Waals surface area (Å²) >= 11 is 0. The Kier molecular flexibility index (Phi) is 11.9. The van der Waals surface area contributed by atoms with Crippen molar-refractivity contribution >= 4 is 40.1 Å². The Hall–Kier alpha value is -4.18. The predicted octanol–water partition coefficient (Wildman–Crippen LogP) is 3.10. The highest BCUT2D eigenvalue weighted by atomic mass is 32.2. The number of fused-ring (bicyclic) bond motifs is 3. The van der Waals surface area contributed by atoms with Gasteiger partial charge in [0.15, 0.2) is 0 Å². The summed E-state index contributed by atoms with van der Waals surface area (Å²) < 4.78 is 39.6. The van der Waals surface area contributed by atoms with Crippen molar-refractivity contribution in [2.24, 2.45) is 5.92 Å². The number of nitrogens with one attached hydrogen (secondary N) is 3. The highest BCUT2D eigenvalue weighted by Crippen LogP contribution is 2.45. The first-order chi connectivity index (χ1) is 24.5. The van der Waals surface area contributed by atoms with Crippen LogP contribution in [0.1, 0.15) is 89.7 Å². The molecule has 286 valence electrons. The molecule has 1 saturated carbocycles. The summed E-state index contributed by atoms with van der Waals surface area (Å²) in [5, 5.41) is 5.51. The summed E-state index contributed by atoms with van der Waals surface area (Å²) in [7, 11) is -1.62. The lowest BCUT2D eigenvalue weighted by Crippen LogP contribution is -2.58. The molecule has 0 unspecified atom stereocenters. The largest absolute Gasteiger partial charge is 0.444 e. The van der Waals surface area contributed by atoms with Gasteiger partial charge in [-0.3, -0.25) is 19.3 Å². The smallest absolute Gasteiger partial charge is 0.410 e. The number of carbonyl (C=O) groups is 5. The molecule has 0 spiro atoms. The van der Waals surface area contributed by atoms with Crippen LogP contribution in [0.2, 0.25) is 0 Å². The quantitative estimate of drug-likeness (QED) is 0.382. The van der Waals surface area contributed by atoms with Crippen LogP contribution in [0.5, 0.6) is 0 Å². The van der Waals surface area contributed by atoms with Gasteiger partial charge in [-0.2, -0.15) is 12.7 Å².